The molecule has 0 aromatic carbocycles. The van der Waals surface area contributed by atoms with E-state index in [4.69, 9.17) is 0 Å². The molecule has 2 heteroatoms. The molecule has 0 rings (SSSR count). The Hall–Kier alpha value is 0.440. The zero-order chi connectivity index (χ0) is 7.71. The number of alkyl halides is 1. The van der Waals surface area contributed by atoms with Crippen LogP contribution in [0, 0.1) is 0 Å². The Bertz CT molecular complexity index is 91.6. The highest BCUT2D eigenvalue weighted by molar-refractivity contribution is 9.10. The zero-order valence-electron chi connectivity index (χ0n) is 6.53. The zero-order valence-corrected chi connectivity index (χ0v) is 8.12. The highest BCUT2D eigenvalue weighted by atomic mass is 79.9. The van der Waals surface area contributed by atoms with E-state index in [1.54, 1.807) is 0 Å². The van der Waals surface area contributed by atoms with Crippen molar-refractivity contribution in [2.75, 3.05) is 0 Å². The third kappa shape index (κ3) is 2.26. The smallest absolute Gasteiger partial charge is 0.0741 e. The van der Waals surface area contributed by atoms with Crippen molar-refractivity contribution in [1.82, 2.24) is 0 Å². The van der Waals surface area contributed by atoms with Gasteiger partial charge in [0.2, 0.25) is 0 Å². The van der Waals surface area contributed by atoms with Gasteiger partial charge in [-0.15, -0.1) is 0 Å². The second-order valence-electron chi connectivity index (χ2n) is 3.11. The summed E-state index contributed by atoms with van der Waals surface area (Å²) in [6.45, 7) is 7.66. The minimum atomic E-state index is -0.637. The van der Waals surface area contributed by atoms with Gasteiger partial charge in [0.1, 0.15) is 0 Å². The second-order valence-corrected chi connectivity index (χ2v) is 4.86. The first-order valence-corrected chi connectivity index (χ1v) is 4.02. The van der Waals surface area contributed by atoms with Crippen molar-refractivity contribution in [2.24, 2.45) is 0 Å². The predicted molar refractivity (Wildman–Crippen MR) is 43.9 cm³/mol. The molecule has 1 nitrogen and oxygen atoms in total. The number of aliphatic hydroxyl groups is 1. The molecule has 0 fully saturated rings. The van der Waals surface area contributed by atoms with Gasteiger partial charge >= 0.3 is 0 Å². The van der Waals surface area contributed by atoms with Crippen LogP contribution in [-0.4, -0.2) is 15.0 Å². The molecule has 0 bridgehead atoms. The van der Waals surface area contributed by atoms with Gasteiger partial charge in [0.15, 0.2) is 0 Å². The summed E-state index contributed by atoms with van der Waals surface area (Å²) in [6, 6.07) is 0. The first kappa shape index (κ1) is 9.44. The SMILES string of the molecule is CCC(C)(Br)C(C)(C)O. The van der Waals surface area contributed by atoms with Gasteiger partial charge in [-0.1, -0.05) is 22.9 Å². The Labute approximate surface area is 65.6 Å². The van der Waals surface area contributed by atoms with E-state index < -0.39 is 5.60 Å². The Morgan fingerprint density at radius 2 is 1.67 bits per heavy atom. The Morgan fingerprint density at radius 3 is 1.67 bits per heavy atom. The number of hydrogen-bond acceptors (Lipinski definition) is 1. The molecule has 0 aromatic heterocycles. The average molecular weight is 195 g/mol. The van der Waals surface area contributed by atoms with E-state index in [0.29, 0.717) is 0 Å². The second kappa shape index (κ2) is 2.59. The minimum Gasteiger partial charge on any atom is -0.389 e. The summed E-state index contributed by atoms with van der Waals surface area (Å²) in [5.74, 6) is 0. The van der Waals surface area contributed by atoms with E-state index in [9.17, 15) is 5.11 Å². The third-order valence-electron chi connectivity index (χ3n) is 1.94. The molecule has 9 heavy (non-hydrogen) atoms. The fourth-order valence-electron chi connectivity index (χ4n) is 0.433. The maximum Gasteiger partial charge on any atom is 0.0741 e. The van der Waals surface area contributed by atoms with Crippen molar-refractivity contribution in [3.05, 3.63) is 0 Å². The van der Waals surface area contributed by atoms with Crippen molar-refractivity contribution in [1.29, 1.82) is 0 Å². The molecule has 1 N–H and O–H groups in total. The topological polar surface area (TPSA) is 20.2 Å². The summed E-state index contributed by atoms with van der Waals surface area (Å²) >= 11 is 3.45. The molecule has 0 heterocycles. The lowest BCUT2D eigenvalue weighted by Crippen LogP contribution is -2.41. The van der Waals surface area contributed by atoms with E-state index in [2.05, 4.69) is 15.9 Å². The van der Waals surface area contributed by atoms with Gasteiger partial charge < -0.3 is 5.11 Å². The average Bonchev–Trinajstić information content (AvgIpc) is 1.64. The monoisotopic (exact) mass is 194 g/mol. The van der Waals surface area contributed by atoms with Crippen LogP contribution in [0.1, 0.15) is 34.1 Å². The van der Waals surface area contributed by atoms with Gasteiger partial charge in [-0.3, -0.25) is 0 Å². The van der Waals surface area contributed by atoms with Gasteiger partial charge in [-0.25, -0.2) is 0 Å². The molecule has 0 aliphatic heterocycles. The maximum atomic E-state index is 9.50. The summed E-state index contributed by atoms with van der Waals surface area (Å²) in [6.07, 6.45) is 0.927. The number of halogens is 1. The highest BCUT2D eigenvalue weighted by Gasteiger charge is 2.34. The molecule has 0 aliphatic carbocycles. The summed E-state index contributed by atoms with van der Waals surface area (Å²) < 4.78 is -0.153. The van der Waals surface area contributed by atoms with Crippen molar-refractivity contribution in [3.63, 3.8) is 0 Å². The van der Waals surface area contributed by atoms with E-state index in [1.807, 2.05) is 27.7 Å². The van der Waals surface area contributed by atoms with Crippen LogP contribution in [0.15, 0.2) is 0 Å². The molecule has 0 spiro atoms. The molecule has 0 radical (unpaired) electrons. The minimum absolute atomic E-state index is 0.153. The van der Waals surface area contributed by atoms with Crippen LogP contribution < -0.4 is 0 Å². The van der Waals surface area contributed by atoms with E-state index in [-0.39, 0.29) is 4.32 Å². The third-order valence-corrected chi connectivity index (χ3v) is 3.47. The Kier molecular flexibility index (Phi) is 2.71. The summed E-state index contributed by atoms with van der Waals surface area (Å²) in [5, 5.41) is 9.50. The predicted octanol–water partition coefficient (Wildman–Crippen LogP) is 2.32. The van der Waals surface area contributed by atoms with Crippen LogP contribution in [0.2, 0.25) is 0 Å². The van der Waals surface area contributed by atoms with Crippen LogP contribution in [0.5, 0.6) is 0 Å². The van der Waals surface area contributed by atoms with Crippen LogP contribution in [0.4, 0.5) is 0 Å². The molecular weight excluding hydrogens is 180 g/mol. The van der Waals surface area contributed by atoms with Gasteiger partial charge in [-0.05, 0) is 27.2 Å². The van der Waals surface area contributed by atoms with Crippen molar-refractivity contribution >= 4 is 15.9 Å². The first-order valence-electron chi connectivity index (χ1n) is 3.22. The van der Waals surface area contributed by atoms with Crippen LogP contribution in [0.25, 0.3) is 0 Å². The molecular formula is C7H15BrO. The summed E-state index contributed by atoms with van der Waals surface area (Å²) in [7, 11) is 0. The van der Waals surface area contributed by atoms with Gasteiger partial charge in [-0.2, -0.15) is 0 Å². The maximum absolute atomic E-state index is 9.50. The van der Waals surface area contributed by atoms with Crippen molar-refractivity contribution in [3.8, 4) is 0 Å². The van der Waals surface area contributed by atoms with Gasteiger partial charge in [0.05, 0.1) is 9.93 Å². The van der Waals surface area contributed by atoms with Gasteiger partial charge in [0.25, 0.3) is 0 Å². The van der Waals surface area contributed by atoms with Crippen LogP contribution in [0.3, 0.4) is 0 Å². The summed E-state index contributed by atoms with van der Waals surface area (Å²) in [5.41, 5.74) is -0.637. The number of hydrogen-bond donors (Lipinski definition) is 1. The van der Waals surface area contributed by atoms with E-state index in [1.165, 1.54) is 0 Å². The quantitative estimate of drug-likeness (QED) is 0.670. The molecule has 56 valence electrons. The molecule has 1 unspecified atom stereocenters. The molecule has 0 aromatic rings. The lowest BCUT2D eigenvalue weighted by Gasteiger charge is -2.34. The van der Waals surface area contributed by atoms with E-state index in [0.717, 1.165) is 6.42 Å². The van der Waals surface area contributed by atoms with Gasteiger partial charge in [0, 0.05) is 0 Å². The lowest BCUT2D eigenvalue weighted by atomic mass is 9.90. The fraction of sp³-hybridized carbons (Fsp3) is 1.00. The Morgan fingerprint density at radius 1 is 1.33 bits per heavy atom. The summed E-state index contributed by atoms with van der Waals surface area (Å²) in [4.78, 5) is 0. The van der Waals surface area contributed by atoms with Crippen molar-refractivity contribution in [2.45, 2.75) is 44.0 Å². The molecule has 0 amide bonds. The molecule has 0 saturated carbocycles. The standard InChI is InChI=1S/C7H15BrO/c1-5-7(4,8)6(2,3)9/h9H,5H2,1-4H3. The molecule has 1 atom stereocenters. The van der Waals surface area contributed by atoms with Crippen molar-refractivity contribution < 1.29 is 5.11 Å². The molecule has 0 aliphatic rings. The van der Waals surface area contributed by atoms with E-state index >= 15 is 0 Å². The largest absolute Gasteiger partial charge is 0.389 e. The Balaban J connectivity index is 4.14. The van der Waals surface area contributed by atoms with Crippen LogP contribution in [-0.2, 0) is 0 Å². The number of rotatable bonds is 2. The van der Waals surface area contributed by atoms with Crippen LogP contribution >= 0.6 is 15.9 Å². The normalized spacial score (nSPS) is 19.3. The molecule has 0 saturated heterocycles. The lowest BCUT2D eigenvalue weighted by molar-refractivity contribution is 0.0441. The first-order chi connectivity index (χ1) is 3.81. The fourth-order valence-corrected chi connectivity index (χ4v) is 0.433. The highest BCUT2D eigenvalue weighted by Crippen LogP contribution is 2.33.